The van der Waals surface area contributed by atoms with Crippen LogP contribution in [0.3, 0.4) is 0 Å². The highest BCUT2D eigenvalue weighted by molar-refractivity contribution is 5.75. The van der Waals surface area contributed by atoms with Crippen LogP contribution in [0.2, 0.25) is 0 Å². The van der Waals surface area contributed by atoms with Gasteiger partial charge in [0.15, 0.2) is 11.5 Å². The topological polar surface area (TPSA) is 69.6 Å². The molecule has 25 heavy (non-hydrogen) atoms. The zero-order valence-corrected chi connectivity index (χ0v) is 14.5. The van der Waals surface area contributed by atoms with Crippen LogP contribution in [-0.2, 0) is 17.8 Å². The number of carbonyl (C=O) groups excluding carboxylic acids is 1. The number of para-hydroxylation sites is 1. The molecule has 2 aromatic rings. The minimum atomic E-state index is -0.229. The largest absolute Gasteiger partial charge is 0.488 e. The van der Waals surface area contributed by atoms with E-state index >= 15 is 0 Å². The monoisotopic (exact) mass is 342 g/mol. The second-order valence-electron chi connectivity index (χ2n) is 6.65. The Morgan fingerprint density at radius 1 is 1.28 bits per heavy atom. The number of amides is 1. The first-order chi connectivity index (χ1) is 11.9. The molecule has 132 valence electrons. The molecule has 3 rings (SSSR count). The molecule has 1 amide bonds. The summed E-state index contributed by atoms with van der Waals surface area (Å²) in [7, 11) is 0. The third kappa shape index (κ3) is 4.21. The van der Waals surface area contributed by atoms with E-state index in [1.807, 2.05) is 32.0 Å². The molecule has 0 aliphatic carbocycles. The summed E-state index contributed by atoms with van der Waals surface area (Å²) in [4.78, 5) is 23.5. The van der Waals surface area contributed by atoms with Gasteiger partial charge < -0.3 is 19.4 Å². The van der Waals surface area contributed by atoms with Crippen LogP contribution in [0, 0.1) is 0 Å². The van der Waals surface area contributed by atoms with Gasteiger partial charge in [-0.3, -0.25) is 9.59 Å². The second kappa shape index (κ2) is 7.01. The molecule has 0 spiro atoms. The van der Waals surface area contributed by atoms with Crippen molar-refractivity contribution in [3.8, 4) is 11.5 Å². The molecule has 6 heteroatoms. The summed E-state index contributed by atoms with van der Waals surface area (Å²) in [6.45, 7) is 4.77. The second-order valence-corrected chi connectivity index (χ2v) is 6.65. The van der Waals surface area contributed by atoms with E-state index in [2.05, 4.69) is 5.32 Å². The van der Waals surface area contributed by atoms with Crippen LogP contribution in [0.25, 0.3) is 0 Å². The lowest BCUT2D eigenvalue weighted by atomic mass is 10.0. The molecule has 1 aliphatic rings. The van der Waals surface area contributed by atoms with E-state index in [1.54, 1.807) is 18.3 Å². The number of nitrogens with one attached hydrogen (secondary N) is 1. The molecular weight excluding hydrogens is 320 g/mol. The fourth-order valence-corrected chi connectivity index (χ4v) is 2.85. The van der Waals surface area contributed by atoms with Crippen LogP contribution < -0.4 is 20.3 Å². The van der Waals surface area contributed by atoms with Crippen molar-refractivity contribution in [2.24, 2.45) is 0 Å². The predicted molar refractivity (Wildman–Crippen MR) is 94.1 cm³/mol. The lowest BCUT2D eigenvalue weighted by Crippen LogP contribution is -2.34. The van der Waals surface area contributed by atoms with E-state index in [4.69, 9.17) is 9.47 Å². The SMILES string of the molecule is CC1(C)Cc2cccc(OCCNC(=O)Cn3ccccc3=O)c2O1. The average molecular weight is 342 g/mol. The number of pyridine rings is 1. The highest BCUT2D eigenvalue weighted by Gasteiger charge is 2.32. The fraction of sp³-hybridized carbons (Fsp3) is 0.368. The first-order valence-corrected chi connectivity index (χ1v) is 8.30. The van der Waals surface area contributed by atoms with E-state index in [0.717, 1.165) is 17.7 Å². The van der Waals surface area contributed by atoms with Crippen LogP contribution in [-0.4, -0.2) is 29.2 Å². The number of hydrogen-bond acceptors (Lipinski definition) is 4. The van der Waals surface area contributed by atoms with Crippen molar-refractivity contribution >= 4 is 5.91 Å². The Labute approximate surface area is 146 Å². The number of ether oxygens (including phenoxy) is 2. The van der Waals surface area contributed by atoms with Crippen LogP contribution in [0.5, 0.6) is 11.5 Å². The quantitative estimate of drug-likeness (QED) is 0.812. The Bertz CT molecular complexity index is 826. The van der Waals surface area contributed by atoms with Crippen molar-refractivity contribution < 1.29 is 14.3 Å². The van der Waals surface area contributed by atoms with Crippen LogP contribution in [0.15, 0.2) is 47.4 Å². The third-order valence-electron chi connectivity index (χ3n) is 3.95. The van der Waals surface area contributed by atoms with Crippen LogP contribution in [0.4, 0.5) is 0 Å². The number of aromatic nitrogens is 1. The molecule has 0 saturated heterocycles. The highest BCUT2D eigenvalue weighted by Crippen LogP contribution is 2.41. The van der Waals surface area contributed by atoms with Gasteiger partial charge in [-0.05, 0) is 26.0 Å². The molecule has 6 nitrogen and oxygen atoms in total. The van der Waals surface area contributed by atoms with Gasteiger partial charge in [-0.2, -0.15) is 0 Å². The van der Waals surface area contributed by atoms with E-state index in [9.17, 15) is 9.59 Å². The first-order valence-electron chi connectivity index (χ1n) is 8.30. The van der Waals surface area contributed by atoms with Gasteiger partial charge >= 0.3 is 0 Å². The van der Waals surface area contributed by atoms with Crippen LogP contribution in [0.1, 0.15) is 19.4 Å². The molecule has 1 aromatic carbocycles. The van der Waals surface area contributed by atoms with Crippen molar-refractivity contribution in [2.75, 3.05) is 13.2 Å². The van der Waals surface area contributed by atoms with E-state index in [1.165, 1.54) is 10.6 Å². The van der Waals surface area contributed by atoms with Gasteiger partial charge in [-0.1, -0.05) is 18.2 Å². The maximum atomic E-state index is 11.9. The van der Waals surface area contributed by atoms with E-state index < -0.39 is 0 Å². The summed E-state index contributed by atoms with van der Waals surface area (Å²) >= 11 is 0. The van der Waals surface area contributed by atoms with Gasteiger partial charge in [0, 0.05) is 24.2 Å². The summed E-state index contributed by atoms with van der Waals surface area (Å²) in [5.74, 6) is 1.25. The highest BCUT2D eigenvalue weighted by atomic mass is 16.5. The summed E-state index contributed by atoms with van der Waals surface area (Å²) in [5, 5.41) is 2.75. The average Bonchev–Trinajstić information content (AvgIpc) is 2.88. The minimum absolute atomic E-state index is 0.00227. The Morgan fingerprint density at radius 2 is 2.12 bits per heavy atom. The standard InChI is InChI=1S/C19H22N2O4/c1-19(2)12-14-6-5-7-15(18(14)25-19)24-11-9-20-16(22)13-21-10-4-3-8-17(21)23/h3-8,10H,9,11-13H2,1-2H3,(H,20,22). The third-order valence-corrected chi connectivity index (χ3v) is 3.95. The number of rotatable bonds is 6. The van der Waals surface area contributed by atoms with Gasteiger partial charge in [-0.25, -0.2) is 0 Å². The minimum Gasteiger partial charge on any atom is -0.488 e. The number of nitrogens with zero attached hydrogens (tertiary/aromatic N) is 1. The fourth-order valence-electron chi connectivity index (χ4n) is 2.85. The molecule has 0 unspecified atom stereocenters. The number of benzene rings is 1. The Hall–Kier alpha value is -2.76. The Balaban J connectivity index is 1.48. The zero-order valence-electron chi connectivity index (χ0n) is 14.5. The predicted octanol–water partition coefficient (Wildman–Crippen LogP) is 1.76. The number of hydrogen-bond donors (Lipinski definition) is 1. The van der Waals surface area contributed by atoms with Crippen molar-refractivity contribution in [3.05, 3.63) is 58.5 Å². The Morgan fingerprint density at radius 3 is 2.92 bits per heavy atom. The molecular formula is C19H22N2O4. The molecule has 0 fully saturated rings. The smallest absolute Gasteiger partial charge is 0.250 e. The van der Waals surface area contributed by atoms with E-state index in [-0.39, 0.29) is 23.6 Å². The summed E-state index contributed by atoms with van der Waals surface area (Å²) in [6.07, 6.45) is 2.44. The molecule has 1 aliphatic heterocycles. The molecule has 1 aromatic heterocycles. The molecule has 0 bridgehead atoms. The van der Waals surface area contributed by atoms with Crippen molar-refractivity contribution in [1.29, 1.82) is 0 Å². The van der Waals surface area contributed by atoms with Crippen LogP contribution >= 0.6 is 0 Å². The van der Waals surface area contributed by atoms with Gasteiger partial charge in [-0.15, -0.1) is 0 Å². The normalized spacial score (nSPS) is 14.5. The first kappa shape index (κ1) is 17.1. The summed E-state index contributed by atoms with van der Waals surface area (Å²) < 4.78 is 13.1. The van der Waals surface area contributed by atoms with Gasteiger partial charge in [0.1, 0.15) is 18.8 Å². The molecule has 0 atom stereocenters. The van der Waals surface area contributed by atoms with E-state index in [0.29, 0.717) is 18.9 Å². The molecule has 1 N–H and O–H groups in total. The summed E-state index contributed by atoms with van der Waals surface area (Å²) in [6, 6.07) is 10.6. The van der Waals surface area contributed by atoms with Gasteiger partial charge in [0.05, 0.1) is 6.54 Å². The zero-order chi connectivity index (χ0) is 17.9. The molecule has 0 saturated carbocycles. The Kier molecular flexibility index (Phi) is 4.79. The lowest BCUT2D eigenvalue weighted by molar-refractivity contribution is -0.121. The lowest BCUT2D eigenvalue weighted by Gasteiger charge is -2.18. The maximum absolute atomic E-state index is 11.9. The maximum Gasteiger partial charge on any atom is 0.250 e. The van der Waals surface area contributed by atoms with Gasteiger partial charge in [0.25, 0.3) is 5.56 Å². The number of carbonyl (C=O) groups is 1. The van der Waals surface area contributed by atoms with Gasteiger partial charge in [0.2, 0.25) is 5.91 Å². The van der Waals surface area contributed by atoms with Crippen molar-refractivity contribution in [3.63, 3.8) is 0 Å². The summed E-state index contributed by atoms with van der Waals surface area (Å²) in [5.41, 5.74) is 0.711. The van der Waals surface area contributed by atoms with Crippen molar-refractivity contribution in [1.82, 2.24) is 9.88 Å². The number of fused-ring (bicyclic) bond motifs is 1. The van der Waals surface area contributed by atoms with Crippen molar-refractivity contribution in [2.45, 2.75) is 32.4 Å². The molecule has 2 heterocycles. The molecule has 0 radical (unpaired) electrons.